The van der Waals surface area contributed by atoms with Crippen molar-refractivity contribution in [1.82, 2.24) is 5.32 Å². The van der Waals surface area contributed by atoms with Crippen LogP contribution < -0.4 is 5.32 Å². The van der Waals surface area contributed by atoms with Crippen LogP contribution in [0.1, 0.15) is 22.6 Å². The van der Waals surface area contributed by atoms with Gasteiger partial charge in [0.1, 0.15) is 12.6 Å². The minimum atomic E-state index is -2.37. The van der Waals surface area contributed by atoms with Crippen LogP contribution in [0.5, 0.6) is 0 Å². The molecule has 1 unspecified atom stereocenters. The average Bonchev–Trinajstić information content (AvgIpc) is 3.15. The Kier molecular flexibility index (Phi) is 6.23. The molecule has 0 aromatic heterocycles. The number of carboxylic acid groups (broad SMARTS) is 1. The van der Waals surface area contributed by atoms with Crippen molar-refractivity contribution in [3.05, 3.63) is 94.3 Å². The van der Waals surface area contributed by atoms with Gasteiger partial charge in [-0.05, 0) is 22.3 Å². The Morgan fingerprint density at radius 3 is 1.79 bits per heavy atom. The number of rotatable bonds is 6. The Morgan fingerprint density at radius 2 is 1.29 bits per heavy atom. The number of nitrogens with one attached hydrogen (secondary N) is 1. The third kappa shape index (κ3) is 4.07. The molecule has 0 fully saturated rings. The summed E-state index contributed by atoms with van der Waals surface area (Å²) in [6.07, 6.45) is -2.41. The molecule has 0 saturated carbocycles. The van der Waals surface area contributed by atoms with E-state index in [1.165, 1.54) is 0 Å². The zero-order valence-electron chi connectivity index (χ0n) is 17.2. The number of benzene rings is 3. The van der Waals surface area contributed by atoms with Crippen LogP contribution in [0.15, 0.2) is 48.5 Å². The zero-order valence-corrected chi connectivity index (χ0v) is 17.2. The largest absolute Gasteiger partial charge is 0.480 e. The van der Waals surface area contributed by atoms with Gasteiger partial charge in [0.05, 0.1) is 0 Å². The van der Waals surface area contributed by atoms with E-state index in [2.05, 4.69) is 0 Å². The monoisotopic (exact) mass is 477 g/mol. The maximum Gasteiger partial charge on any atom is 0.407 e. The van der Waals surface area contributed by atoms with Gasteiger partial charge in [-0.25, -0.2) is 31.5 Å². The van der Waals surface area contributed by atoms with E-state index in [1.807, 2.05) is 53.8 Å². The molecule has 0 heterocycles. The summed E-state index contributed by atoms with van der Waals surface area (Å²) in [5.41, 5.74) is 2.35. The molecular formula is C24H16F5NO4. The highest BCUT2D eigenvalue weighted by Crippen LogP contribution is 2.44. The van der Waals surface area contributed by atoms with Gasteiger partial charge in [-0.3, -0.25) is 0 Å². The number of aliphatic carboxylic acids is 1. The Hall–Kier alpha value is -3.95. The predicted octanol–water partition coefficient (Wildman–Crippen LogP) is 4.92. The molecule has 0 radical (unpaired) electrons. The average molecular weight is 477 g/mol. The molecule has 0 aliphatic heterocycles. The maximum atomic E-state index is 13.9. The number of alkyl carbamates (subject to hydrolysis) is 1. The molecule has 34 heavy (non-hydrogen) atoms. The van der Waals surface area contributed by atoms with Crippen molar-refractivity contribution >= 4 is 12.1 Å². The number of hydrogen-bond donors (Lipinski definition) is 2. The van der Waals surface area contributed by atoms with E-state index in [-0.39, 0.29) is 12.5 Å². The Balaban J connectivity index is 1.49. The van der Waals surface area contributed by atoms with Crippen molar-refractivity contribution in [3.8, 4) is 11.1 Å². The van der Waals surface area contributed by atoms with Crippen molar-refractivity contribution in [2.24, 2.45) is 0 Å². The van der Waals surface area contributed by atoms with Crippen LogP contribution in [-0.2, 0) is 16.0 Å². The van der Waals surface area contributed by atoms with Gasteiger partial charge in [0.15, 0.2) is 23.3 Å². The fraction of sp³-hybridized carbons (Fsp3) is 0.167. The van der Waals surface area contributed by atoms with Crippen LogP contribution in [-0.4, -0.2) is 29.8 Å². The summed E-state index contributed by atoms with van der Waals surface area (Å²) in [6.45, 7) is -0.172. The summed E-state index contributed by atoms with van der Waals surface area (Å²) in [5, 5.41) is 11.2. The minimum Gasteiger partial charge on any atom is -0.480 e. The third-order valence-electron chi connectivity index (χ3n) is 5.64. The van der Waals surface area contributed by atoms with Crippen LogP contribution in [0.2, 0.25) is 0 Å². The molecule has 4 rings (SSSR count). The summed E-state index contributed by atoms with van der Waals surface area (Å²) >= 11 is 0. The van der Waals surface area contributed by atoms with Gasteiger partial charge in [-0.15, -0.1) is 0 Å². The fourth-order valence-electron chi connectivity index (χ4n) is 4.02. The van der Waals surface area contributed by atoms with Crippen molar-refractivity contribution in [2.75, 3.05) is 6.61 Å². The lowest BCUT2D eigenvalue weighted by molar-refractivity contribution is -0.139. The van der Waals surface area contributed by atoms with Gasteiger partial charge >= 0.3 is 12.1 Å². The number of carbonyl (C=O) groups is 2. The lowest BCUT2D eigenvalue weighted by atomic mass is 9.98. The van der Waals surface area contributed by atoms with E-state index < -0.39 is 59.2 Å². The van der Waals surface area contributed by atoms with Gasteiger partial charge in [-0.1, -0.05) is 48.5 Å². The number of amides is 1. The van der Waals surface area contributed by atoms with Gasteiger partial charge in [0.2, 0.25) is 5.82 Å². The van der Waals surface area contributed by atoms with Crippen molar-refractivity contribution in [3.63, 3.8) is 0 Å². The first-order valence-electron chi connectivity index (χ1n) is 10.0. The molecule has 3 aromatic rings. The molecule has 0 spiro atoms. The van der Waals surface area contributed by atoms with Crippen LogP contribution in [0, 0.1) is 29.1 Å². The van der Waals surface area contributed by atoms with E-state index in [9.17, 15) is 36.6 Å². The Bertz CT molecular complexity index is 1220. The highest BCUT2D eigenvalue weighted by atomic mass is 19.2. The minimum absolute atomic E-state index is 0.172. The highest BCUT2D eigenvalue weighted by Gasteiger charge is 2.32. The number of carbonyl (C=O) groups excluding carboxylic acids is 1. The maximum absolute atomic E-state index is 13.9. The lowest BCUT2D eigenvalue weighted by Crippen LogP contribution is -2.43. The SMILES string of the molecule is O=C(NC(Cc1c(F)c(F)c(F)c(F)c1F)C(=O)O)OCC1c2ccccc2-c2ccccc21. The second-order valence-corrected chi connectivity index (χ2v) is 7.61. The first-order chi connectivity index (χ1) is 16.2. The van der Waals surface area contributed by atoms with Gasteiger partial charge in [0, 0.05) is 17.9 Å². The summed E-state index contributed by atoms with van der Waals surface area (Å²) in [5.74, 6) is -13.2. The molecule has 1 atom stereocenters. The van der Waals surface area contributed by atoms with E-state index in [4.69, 9.17) is 4.74 Å². The first-order valence-corrected chi connectivity index (χ1v) is 10.0. The standard InChI is InChI=1S/C24H16F5NO4/c25-18-15(19(26)21(28)22(29)20(18)27)9-17(23(31)32)30-24(33)34-10-16-13-7-3-1-5-11(13)12-6-2-4-8-14(12)16/h1-8,16-17H,9-10H2,(H,30,33)(H,31,32). The number of carboxylic acids is 1. The molecule has 10 heteroatoms. The molecule has 2 N–H and O–H groups in total. The molecule has 1 aliphatic rings. The fourth-order valence-corrected chi connectivity index (χ4v) is 4.02. The van der Waals surface area contributed by atoms with Gasteiger partial charge in [-0.2, -0.15) is 0 Å². The van der Waals surface area contributed by atoms with Gasteiger partial charge in [0.25, 0.3) is 0 Å². The van der Waals surface area contributed by atoms with Crippen molar-refractivity contribution < 1.29 is 41.4 Å². The molecule has 0 bridgehead atoms. The van der Waals surface area contributed by atoms with Crippen LogP contribution in [0.4, 0.5) is 26.7 Å². The van der Waals surface area contributed by atoms with Crippen molar-refractivity contribution in [2.45, 2.75) is 18.4 Å². The molecule has 1 amide bonds. The lowest BCUT2D eigenvalue weighted by Gasteiger charge is -2.18. The second-order valence-electron chi connectivity index (χ2n) is 7.61. The highest BCUT2D eigenvalue weighted by molar-refractivity contribution is 5.81. The summed E-state index contributed by atoms with van der Waals surface area (Å²) in [6, 6.07) is 12.9. The summed E-state index contributed by atoms with van der Waals surface area (Å²) < 4.78 is 73.1. The second kappa shape index (κ2) is 9.12. The first kappa shape index (κ1) is 23.2. The zero-order chi connectivity index (χ0) is 24.6. The smallest absolute Gasteiger partial charge is 0.407 e. The Labute approximate surface area is 189 Å². The quantitative estimate of drug-likeness (QED) is 0.300. The predicted molar refractivity (Wildman–Crippen MR) is 110 cm³/mol. The summed E-state index contributed by atoms with van der Waals surface area (Å²) in [7, 11) is 0. The Morgan fingerprint density at radius 1 is 0.824 bits per heavy atom. The van der Waals surface area contributed by atoms with Crippen LogP contribution in [0.3, 0.4) is 0 Å². The van der Waals surface area contributed by atoms with E-state index in [0.717, 1.165) is 22.3 Å². The third-order valence-corrected chi connectivity index (χ3v) is 5.64. The molecule has 1 aliphatic carbocycles. The van der Waals surface area contributed by atoms with Crippen LogP contribution >= 0.6 is 0 Å². The topological polar surface area (TPSA) is 75.6 Å². The molecule has 5 nitrogen and oxygen atoms in total. The van der Waals surface area contributed by atoms with Crippen molar-refractivity contribution in [1.29, 1.82) is 0 Å². The number of halogens is 5. The number of fused-ring (bicyclic) bond motifs is 3. The molecule has 3 aromatic carbocycles. The van der Waals surface area contributed by atoms with Crippen LogP contribution in [0.25, 0.3) is 11.1 Å². The van der Waals surface area contributed by atoms with E-state index in [0.29, 0.717) is 0 Å². The molecule has 0 saturated heterocycles. The normalized spacial score (nSPS) is 13.2. The van der Waals surface area contributed by atoms with Gasteiger partial charge < -0.3 is 15.2 Å². The van der Waals surface area contributed by atoms with E-state index >= 15 is 0 Å². The molecular weight excluding hydrogens is 461 g/mol. The number of hydrogen-bond acceptors (Lipinski definition) is 3. The molecule has 176 valence electrons. The number of ether oxygens (including phenoxy) is 1. The summed E-state index contributed by atoms with van der Waals surface area (Å²) in [4.78, 5) is 23.8. The van der Waals surface area contributed by atoms with E-state index in [1.54, 1.807) is 0 Å².